The number of rotatable bonds is 4. The van der Waals surface area contributed by atoms with Gasteiger partial charge in [-0.3, -0.25) is 10.1 Å². The highest BCUT2D eigenvalue weighted by Gasteiger charge is 2.15. The number of hydrogen-bond donors (Lipinski definition) is 2. The highest BCUT2D eigenvalue weighted by atomic mass is 79.9. The van der Waals surface area contributed by atoms with E-state index in [1.807, 2.05) is 34.9 Å². The van der Waals surface area contributed by atoms with Crippen molar-refractivity contribution in [2.24, 2.45) is 0 Å². The minimum atomic E-state index is -0.393. The minimum absolute atomic E-state index is 0.270. The van der Waals surface area contributed by atoms with E-state index in [2.05, 4.69) is 31.2 Å². The van der Waals surface area contributed by atoms with Crippen molar-refractivity contribution >= 4 is 38.7 Å². The smallest absolute Gasteiger partial charge is 0.274 e. The van der Waals surface area contributed by atoms with Crippen LogP contribution in [0.4, 0.5) is 10.3 Å². The number of imidazole rings is 1. The first kappa shape index (κ1) is 16.5. The van der Waals surface area contributed by atoms with E-state index < -0.39 is 5.82 Å². The first-order valence-electron chi connectivity index (χ1n) is 7.94. The van der Waals surface area contributed by atoms with Crippen LogP contribution in [0.25, 0.3) is 10.9 Å². The van der Waals surface area contributed by atoms with Gasteiger partial charge in [-0.25, -0.2) is 9.37 Å². The van der Waals surface area contributed by atoms with Crippen LogP contribution in [0.1, 0.15) is 16.1 Å². The number of aromatic nitrogens is 3. The van der Waals surface area contributed by atoms with Gasteiger partial charge in [0.2, 0.25) is 5.95 Å². The van der Waals surface area contributed by atoms with Crippen molar-refractivity contribution in [3.63, 3.8) is 0 Å². The maximum Gasteiger partial charge on any atom is 0.274 e. The number of aromatic amines is 1. The quantitative estimate of drug-likeness (QED) is 0.515. The van der Waals surface area contributed by atoms with Gasteiger partial charge in [-0.2, -0.15) is 0 Å². The Morgan fingerprint density at radius 1 is 1.23 bits per heavy atom. The van der Waals surface area contributed by atoms with Crippen molar-refractivity contribution < 1.29 is 9.18 Å². The number of benzene rings is 2. The Balaban J connectivity index is 1.58. The molecule has 0 saturated heterocycles. The maximum atomic E-state index is 14.0. The molecule has 2 aromatic carbocycles. The summed E-state index contributed by atoms with van der Waals surface area (Å²) < 4.78 is 16.5. The number of fused-ring (bicyclic) bond motifs is 1. The van der Waals surface area contributed by atoms with Crippen LogP contribution >= 0.6 is 15.9 Å². The Hall–Kier alpha value is -2.93. The number of carbonyl (C=O) groups is 1. The summed E-state index contributed by atoms with van der Waals surface area (Å²) in [5.41, 5.74) is 1.92. The summed E-state index contributed by atoms with van der Waals surface area (Å²) >= 11 is 3.25. The van der Waals surface area contributed by atoms with Crippen LogP contribution < -0.4 is 5.32 Å². The van der Waals surface area contributed by atoms with Gasteiger partial charge in [0.05, 0.1) is 12.1 Å². The number of H-pyrrole nitrogens is 1. The lowest BCUT2D eigenvalue weighted by Crippen LogP contribution is -2.16. The Morgan fingerprint density at radius 3 is 2.85 bits per heavy atom. The molecule has 4 aromatic rings. The monoisotopic (exact) mass is 412 g/mol. The van der Waals surface area contributed by atoms with Crippen LogP contribution in [-0.2, 0) is 6.54 Å². The van der Waals surface area contributed by atoms with Gasteiger partial charge < -0.3 is 9.55 Å². The maximum absolute atomic E-state index is 14.0. The second kappa shape index (κ2) is 6.76. The highest BCUT2D eigenvalue weighted by Crippen LogP contribution is 2.24. The fraction of sp³-hybridized carbons (Fsp3) is 0.0526. The van der Waals surface area contributed by atoms with Gasteiger partial charge >= 0.3 is 0 Å². The van der Waals surface area contributed by atoms with Crippen molar-refractivity contribution in [3.8, 4) is 0 Å². The highest BCUT2D eigenvalue weighted by molar-refractivity contribution is 9.10. The number of carbonyl (C=O) groups excluding carboxylic acids is 1. The second-order valence-electron chi connectivity index (χ2n) is 5.85. The van der Waals surface area contributed by atoms with Gasteiger partial charge in [-0.05, 0) is 23.8 Å². The lowest BCUT2D eigenvalue weighted by atomic mass is 10.2. The summed E-state index contributed by atoms with van der Waals surface area (Å²) in [4.78, 5) is 19.7. The zero-order valence-electron chi connectivity index (χ0n) is 13.5. The molecule has 0 unspecified atom stereocenters. The van der Waals surface area contributed by atoms with Crippen LogP contribution in [0, 0.1) is 5.82 Å². The van der Waals surface area contributed by atoms with Crippen LogP contribution in [0.3, 0.4) is 0 Å². The summed E-state index contributed by atoms with van der Waals surface area (Å²) in [5, 5.41) is 3.14. The van der Waals surface area contributed by atoms with Gasteiger partial charge in [0.15, 0.2) is 0 Å². The summed E-state index contributed by atoms with van der Waals surface area (Å²) in [6, 6.07) is 14.5. The summed E-state index contributed by atoms with van der Waals surface area (Å²) in [6.07, 6.45) is 3.42. The molecule has 0 aliphatic rings. The third-order valence-electron chi connectivity index (χ3n) is 4.03. The van der Waals surface area contributed by atoms with Gasteiger partial charge in [0, 0.05) is 22.3 Å². The number of amides is 1. The molecule has 0 bridgehead atoms. The molecule has 7 heteroatoms. The molecular formula is C19H14BrFN4O. The molecule has 0 fully saturated rings. The molecule has 130 valence electrons. The van der Waals surface area contributed by atoms with Crippen LogP contribution in [-0.4, -0.2) is 20.4 Å². The lowest BCUT2D eigenvalue weighted by molar-refractivity contribution is 0.102. The largest absolute Gasteiger partial charge is 0.350 e. The molecule has 0 spiro atoms. The predicted molar refractivity (Wildman–Crippen MR) is 102 cm³/mol. The normalized spacial score (nSPS) is 11.0. The van der Waals surface area contributed by atoms with Crippen LogP contribution in [0.2, 0.25) is 0 Å². The fourth-order valence-corrected chi connectivity index (χ4v) is 3.22. The first-order chi connectivity index (χ1) is 12.6. The average molecular weight is 413 g/mol. The number of anilines is 1. The number of halogens is 2. The molecule has 5 nitrogen and oxygen atoms in total. The van der Waals surface area contributed by atoms with Crippen molar-refractivity contribution in [3.05, 3.63) is 82.5 Å². The molecule has 0 aliphatic carbocycles. The predicted octanol–water partition coefficient (Wildman–Crippen LogP) is 4.57. The molecule has 1 amide bonds. The van der Waals surface area contributed by atoms with Crippen molar-refractivity contribution in [2.45, 2.75) is 6.54 Å². The summed E-state index contributed by atoms with van der Waals surface area (Å²) in [6.45, 7) is 0.588. The van der Waals surface area contributed by atoms with E-state index in [1.54, 1.807) is 18.5 Å². The van der Waals surface area contributed by atoms with Gasteiger partial charge in [0.1, 0.15) is 11.5 Å². The molecule has 2 N–H and O–H groups in total. The number of nitrogens with one attached hydrogen (secondary N) is 2. The third-order valence-corrected chi connectivity index (χ3v) is 4.49. The third kappa shape index (κ3) is 3.25. The molecule has 0 atom stereocenters. The Kier molecular flexibility index (Phi) is 4.30. The number of hydrogen-bond acceptors (Lipinski definition) is 2. The zero-order chi connectivity index (χ0) is 18.1. The molecule has 2 aromatic heterocycles. The van der Waals surface area contributed by atoms with Gasteiger partial charge in [-0.1, -0.05) is 46.3 Å². The molecular weight excluding hydrogens is 399 g/mol. The van der Waals surface area contributed by atoms with E-state index in [9.17, 15) is 9.18 Å². The Bertz CT molecular complexity index is 1090. The summed E-state index contributed by atoms with van der Waals surface area (Å²) in [5.74, 6) is -0.341. The van der Waals surface area contributed by atoms with Crippen molar-refractivity contribution in [1.29, 1.82) is 0 Å². The van der Waals surface area contributed by atoms with Gasteiger partial charge in [-0.15, -0.1) is 0 Å². The average Bonchev–Trinajstić information content (AvgIpc) is 3.23. The molecule has 4 rings (SSSR count). The van der Waals surface area contributed by atoms with E-state index in [1.165, 1.54) is 12.1 Å². The molecule has 0 saturated carbocycles. The molecule has 0 radical (unpaired) electrons. The van der Waals surface area contributed by atoms with E-state index in [4.69, 9.17) is 0 Å². The number of nitrogens with zero attached hydrogens (tertiary/aromatic N) is 2. The zero-order valence-corrected chi connectivity index (χ0v) is 15.1. The van der Waals surface area contributed by atoms with E-state index in [0.29, 0.717) is 27.9 Å². The van der Waals surface area contributed by atoms with Crippen molar-refractivity contribution in [1.82, 2.24) is 14.5 Å². The topological polar surface area (TPSA) is 62.7 Å². The van der Waals surface area contributed by atoms with Crippen LogP contribution in [0.15, 0.2) is 65.4 Å². The summed E-state index contributed by atoms with van der Waals surface area (Å²) in [7, 11) is 0. The molecule has 26 heavy (non-hydrogen) atoms. The van der Waals surface area contributed by atoms with E-state index >= 15 is 0 Å². The molecule has 2 heterocycles. The Morgan fingerprint density at radius 2 is 2.04 bits per heavy atom. The van der Waals surface area contributed by atoms with E-state index in [0.717, 1.165) is 5.56 Å². The van der Waals surface area contributed by atoms with Crippen molar-refractivity contribution in [2.75, 3.05) is 5.32 Å². The SMILES string of the molecule is O=C(Nc1nccn1Cc1ccccc1)c1cc2c(F)cc(Br)cc2[nH]1. The lowest BCUT2D eigenvalue weighted by Gasteiger charge is -2.08. The second-order valence-corrected chi connectivity index (χ2v) is 6.77. The standard InChI is InChI=1S/C19H14BrFN4O/c20-13-8-15(21)14-10-17(23-16(14)9-13)18(26)24-19-22-6-7-25(19)11-12-4-2-1-3-5-12/h1-10,23H,11H2,(H,22,24,26). The molecule has 0 aliphatic heterocycles. The van der Waals surface area contributed by atoms with Crippen LogP contribution in [0.5, 0.6) is 0 Å². The van der Waals surface area contributed by atoms with Gasteiger partial charge in [0.25, 0.3) is 5.91 Å². The minimum Gasteiger partial charge on any atom is -0.350 e. The van der Waals surface area contributed by atoms with E-state index in [-0.39, 0.29) is 11.6 Å². The first-order valence-corrected chi connectivity index (χ1v) is 8.73. The fourth-order valence-electron chi connectivity index (χ4n) is 2.79. The Labute approximate surface area is 157 Å².